The van der Waals surface area contributed by atoms with Gasteiger partial charge in [-0.25, -0.2) is 4.79 Å². The zero-order valence-corrected chi connectivity index (χ0v) is 12.2. The first kappa shape index (κ1) is 15.7. The quantitative estimate of drug-likeness (QED) is 0.716. The molecule has 0 aromatic carbocycles. The number of hydrogen-bond acceptors (Lipinski definition) is 3. The number of hydrogen-bond donors (Lipinski definition) is 1. The van der Waals surface area contributed by atoms with E-state index in [1.807, 2.05) is 6.92 Å². The first-order valence-corrected chi connectivity index (χ1v) is 7.07. The number of nitrogens with one attached hydrogen (secondary N) is 1. The molecular weight excluding hydrogens is 242 g/mol. The molecule has 1 heterocycles. The van der Waals surface area contributed by atoms with Crippen LogP contribution in [0.2, 0.25) is 0 Å². The van der Waals surface area contributed by atoms with Crippen molar-refractivity contribution in [3.63, 3.8) is 0 Å². The van der Waals surface area contributed by atoms with Crippen molar-refractivity contribution in [2.24, 2.45) is 5.92 Å². The van der Waals surface area contributed by atoms with Crippen LogP contribution in [0, 0.1) is 5.92 Å². The van der Waals surface area contributed by atoms with Gasteiger partial charge in [-0.1, -0.05) is 20.8 Å². The molecule has 0 aliphatic heterocycles. The summed E-state index contributed by atoms with van der Waals surface area (Å²) >= 11 is 0. The standard InChI is InChI=1S/C14H25N3O2/c1-4-8-16-10-6-13(18)17(14(16)19)9-5-7-15-11-12(2)3/h6,10,12,15H,4-5,7-9,11H2,1-3H3. The number of rotatable bonds is 8. The predicted octanol–water partition coefficient (Wildman–Crippen LogP) is 1.06. The summed E-state index contributed by atoms with van der Waals surface area (Å²) < 4.78 is 2.93. The van der Waals surface area contributed by atoms with Crippen molar-refractivity contribution in [3.05, 3.63) is 33.1 Å². The summed E-state index contributed by atoms with van der Waals surface area (Å²) in [6.07, 6.45) is 3.26. The van der Waals surface area contributed by atoms with E-state index in [-0.39, 0.29) is 11.2 Å². The summed E-state index contributed by atoms with van der Waals surface area (Å²) in [6.45, 7) is 9.24. The monoisotopic (exact) mass is 267 g/mol. The Morgan fingerprint density at radius 1 is 1.26 bits per heavy atom. The lowest BCUT2D eigenvalue weighted by Gasteiger charge is -2.10. The summed E-state index contributed by atoms with van der Waals surface area (Å²) in [5, 5.41) is 3.31. The van der Waals surface area contributed by atoms with E-state index in [0.717, 1.165) is 25.9 Å². The molecule has 0 spiro atoms. The lowest BCUT2D eigenvalue weighted by atomic mass is 10.2. The van der Waals surface area contributed by atoms with E-state index >= 15 is 0 Å². The third-order valence-electron chi connectivity index (χ3n) is 2.89. The van der Waals surface area contributed by atoms with Crippen LogP contribution in [-0.4, -0.2) is 22.2 Å². The van der Waals surface area contributed by atoms with Crippen molar-refractivity contribution in [3.8, 4) is 0 Å². The van der Waals surface area contributed by atoms with E-state index in [1.165, 1.54) is 10.6 Å². The van der Waals surface area contributed by atoms with Crippen molar-refractivity contribution in [1.29, 1.82) is 0 Å². The van der Waals surface area contributed by atoms with Crippen molar-refractivity contribution in [2.45, 2.75) is 46.7 Å². The molecular formula is C14H25N3O2. The molecule has 1 aromatic heterocycles. The second-order valence-corrected chi connectivity index (χ2v) is 5.23. The Kier molecular flexibility index (Phi) is 6.56. The number of nitrogens with zero attached hydrogens (tertiary/aromatic N) is 2. The maximum atomic E-state index is 12.1. The summed E-state index contributed by atoms with van der Waals surface area (Å²) in [7, 11) is 0. The minimum Gasteiger partial charge on any atom is -0.316 e. The fourth-order valence-corrected chi connectivity index (χ4v) is 1.93. The van der Waals surface area contributed by atoms with Crippen LogP contribution in [0.15, 0.2) is 21.9 Å². The van der Waals surface area contributed by atoms with Crippen LogP contribution in [-0.2, 0) is 13.1 Å². The van der Waals surface area contributed by atoms with Crippen molar-refractivity contribution in [2.75, 3.05) is 13.1 Å². The summed E-state index contributed by atoms with van der Waals surface area (Å²) in [5.74, 6) is 0.612. The average Bonchev–Trinajstić information content (AvgIpc) is 2.36. The molecule has 0 saturated heterocycles. The maximum absolute atomic E-state index is 12.1. The topological polar surface area (TPSA) is 56.0 Å². The van der Waals surface area contributed by atoms with E-state index in [2.05, 4.69) is 19.2 Å². The lowest BCUT2D eigenvalue weighted by molar-refractivity contribution is 0.493. The first-order chi connectivity index (χ1) is 9.06. The molecule has 0 fully saturated rings. The minimum absolute atomic E-state index is 0.196. The van der Waals surface area contributed by atoms with Gasteiger partial charge in [-0.2, -0.15) is 0 Å². The molecule has 0 atom stereocenters. The Labute approximate surface area is 114 Å². The predicted molar refractivity (Wildman–Crippen MR) is 77.6 cm³/mol. The summed E-state index contributed by atoms with van der Waals surface area (Å²) in [4.78, 5) is 23.8. The van der Waals surface area contributed by atoms with Crippen LogP contribution >= 0.6 is 0 Å². The highest BCUT2D eigenvalue weighted by molar-refractivity contribution is 4.86. The van der Waals surface area contributed by atoms with Crippen LogP contribution in [0.4, 0.5) is 0 Å². The van der Waals surface area contributed by atoms with Gasteiger partial charge in [0.25, 0.3) is 5.56 Å². The number of aryl methyl sites for hydroxylation is 1. The molecule has 0 amide bonds. The molecule has 1 aromatic rings. The van der Waals surface area contributed by atoms with Gasteiger partial charge in [-0.05, 0) is 31.8 Å². The maximum Gasteiger partial charge on any atom is 0.330 e. The van der Waals surface area contributed by atoms with E-state index in [0.29, 0.717) is 19.0 Å². The Balaban J connectivity index is 2.60. The third-order valence-corrected chi connectivity index (χ3v) is 2.89. The van der Waals surface area contributed by atoms with Gasteiger partial charge in [0.15, 0.2) is 0 Å². The second kappa shape index (κ2) is 7.94. The normalized spacial score (nSPS) is 11.2. The molecule has 5 nitrogen and oxygen atoms in total. The Bertz CT molecular complexity index is 488. The molecule has 0 aliphatic carbocycles. The SMILES string of the molecule is CCCn1ccc(=O)n(CCCNCC(C)C)c1=O. The smallest absolute Gasteiger partial charge is 0.316 e. The van der Waals surface area contributed by atoms with Gasteiger partial charge in [-0.15, -0.1) is 0 Å². The van der Waals surface area contributed by atoms with Crippen LogP contribution in [0.3, 0.4) is 0 Å². The molecule has 0 aliphatic rings. The fraction of sp³-hybridized carbons (Fsp3) is 0.714. The van der Waals surface area contributed by atoms with Crippen LogP contribution < -0.4 is 16.6 Å². The summed E-state index contributed by atoms with van der Waals surface area (Å²) in [6, 6.07) is 1.47. The molecule has 0 bridgehead atoms. The van der Waals surface area contributed by atoms with E-state index in [9.17, 15) is 9.59 Å². The van der Waals surface area contributed by atoms with Crippen molar-refractivity contribution >= 4 is 0 Å². The van der Waals surface area contributed by atoms with Gasteiger partial charge in [0, 0.05) is 25.4 Å². The molecule has 0 unspecified atom stereocenters. The van der Waals surface area contributed by atoms with Crippen molar-refractivity contribution in [1.82, 2.24) is 14.5 Å². The van der Waals surface area contributed by atoms with Gasteiger partial charge in [-0.3, -0.25) is 9.36 Å². The third kappa shape index (κ3) is 5.03. The summed E-state index contributed by atoms with van der Waals surface area (Å²) in [5.41, 5.74) is -0.403. The Morgan fingerprint density at radius 2 is 2.00 bits per heavy atom. The van der Waals surface area contributed by atoms with Gasteiger partial charge in [0.1, 0.15) is 0 Å². The molecule has 1 rings (SSSR count). The van der Waals surface area contributed by atoms with Gasteiger partial charge in [0.2, 0.25) is 0 Å². The minimum atomic E-state index is -0.207. The van der Waals surface area contributed by atoms with Gasteiger partial charge < -0.3 is 9.88 Å². The van der Waals surface area contributed by atoms with E-state index in [1.54, 1.807) is 10.8 Å². The molecule has 19 heavy (non-hydrogen) atoms. The van der Waals surface area contributed by atoms with Gasteiger partial charge >= 0.3 is 5.69 Å². The van der Waals surface area contributed by atoms with Crippen LogP contribution in [0.1, 0.15) is 33.6 Å². The Morgan fingerprint density at radius 3 is 2.63 bits per heavy atom. The van der Waals surface area contributed by atoms with Crippen LogP contribution in [0.5, 0.6) is 0 Å². The second-order valence-electron chi connectivity index (χ2n) is 5.23. The van der Waals surface area contributed by atoms with E-state index < -0.39 is 0 Å². The van der Waals surface area contributed by atoms with Gasteiger partial charge in [0.05, 0.1) is 0 Å². The highest BCUT2D eigenvalue weighted by Crippen LogP contribution is 1.89. The number of aromatic nitrogens is 2. The molecule has 1 N–H and O–H groups in total. The molecule has 0 saturated carbocycles. The highest BCUT2D eigenvalue weighted by Gasteiger charge is 2.04. The van der Waals surface area contributed by atoms with E-state index in [4.69, 9.17) is 0 Å². The lowest BCUT2D eigenvalue weighted by Crippen LogP contribution is -2.39. The van der Waals surface area contributed by atoms with Crippen molar-refractivity contribution < 1.29 is 0 Å². The van der Waals surface area contributed by atoms with Crippen LogP contribution in [0.25, 0.3) is 0 Å². The Hall–Kier alpha value is -1.36. The zero-order valence-electron chi connectivity index (χ0n) is 12.2. The zero-order chi connectivity index (χ0) is 14.3. The molecule has 108 valence electrons. The first-order valence-electron chi connectivity index (χ1n) is 7.07. The highest BCUT2D eigenvalue weighted by atomic mass is 16.2. The largest absolute Gasteiger partial charge is 0.330 e. The molecule has 5 heteroatoms. The average molecular weight is 267 g/mol. The molecule has 0 radical (unpaired) electrons. The fourth-order valence-electron chi connectivity index (χ4n) is 1.93.